The first-order chi connectivity index (χ1) is 8.22. The lowest BCUT2D eigenvalue weighted by molar-refractivity contribution is -0.137. The summed E-state index contributed by atoms with van der Waals surface area (Å²) in [6.45, 7) is 7.85. The number of carbonyl (C=O) groups excluding carboxylic acids is 1. The third-order valence-electron chi connectivity index (χ3n) is 3.68. The van der Waals surface area contributed by atoms with Crippen molar-refractivity contribution in [1.29, 1.82) is 0 Å². The Morgan fingerprint density at radius 3 is 2.65 bits per heavy atom. The number of hydrogen-bond acceptors (Lipinski definition) is 4. The molecule has 0 spiro atoms. The molecule has 0 bridgehead atoms. The van der Waals surface area contributed by atoms with Gasteiger partial charge in [-0.1, -0.05) is 6.92 Å². The fourth-order valence-electron chi connectivity index (χ4n) is 2.52. The van der Waals surface area contributed by atoms with Crippen LogP contribution in [-0.4, -0.2) is 74.7 Å². The van der Waals surface area contributed by atoms with Crippen LogP contribution in [-0.2, 0) is 9.53 Å². The van der Waals surface area contributed by atoms with Gasteiger partial charge in [0, 0.05) is 32.2 Å². The molecule has 2 unspecified atom stereocenters. The van der Waals surface area contributed by atoms with Gasteiger partial charge in [0.1, 0.15) is 0 Å². The van der Waals surface area contributed by atoms with Crippen LogP contribution in [0, 0.1) is 5.92 Å². The molecule has 98 valence electrons. The number of piperazine rings is 1. The molecule has 1 amide bonds. The predicted octanol–water partition coefficient (Wildman–Crippen LogP) is -0.615. The summed E-state index contributed by atoms with van der Waals surface area (Å²) in [6, 6.07) is 0.201. The summed E-state index contributed by atoms with van der Waals surface area (Å²) < 4.78 is 5.43. The first kappa shape index (κ1) is 12.8. The summed E-state index contributed by atoms with van der Waals surface area (Å²) in [6.07, 6.45) is 0. The Balaban J connectivity index is 1.90. The van der Waals surface area contributed by atoms with Gasteiger partial charge in [-0.3, -0.25) is 4.79 Å². The molecule has 5 nitrogen and oxygen atoms in total. The zero-order valence-corrected chi connectivity index (χ0v) is 10.8. The Kier molecular flexibility index (Phi) is 4.36. The maximum atomic E-state index is 12.4. The van der Waals surface area contributed by atoms with E-state index >= 15 is 0 Å². The summed E-state index contributed by atoms with van der Waals surface area (Å²) >= 11 is 0. The fourth-order valence-corrected chi connectivity index (χ4v) is 2.52. The van der Waals surface area contributed by atoms with Crippen molar-refractivity contribution in [3.63, 3.8) is 0 Å². The molecule has 2 saturated heterocycles. The van der Waals surface area contributed by atoms with Crippen molar-refractivity contribution in [2.75, 3.05) is 53.0 Å². The van der Waals surface area contributed by atoms with Gasteiger partial charge in [-0.15, -0.1) is 0 Å². The average Bonchev–Trinajstić information content (AvgIpc) is 2.78. The number of carbonyl (C=O) groups is 1. The van der Waals surface area contributed by atoms with Crippen LogP contribution in [0.25, 0.3) is 0 Å². The Labute approximate surface area is 103 Å². The lowest BCUT2D eigenvalue weighted by atomic mass is 10.0. The van der Waals surface area contributed by atoms with Gasteiger partial charge in [-0.05, 0) is 13.6 Å². The van der Waals surface area contributed by atoms with Crippen LogP contribution in [0.15, 0.2) is 0 Å². The molecule has 2 heterocycles. The maximum absolute atomic E-state index is 12.4. The Morgan fingerprint density at radius 1 is 1.29 bits per heavy atom. The van der Waals surface area contributed by atoms with Gasteiger partial charge in [0.2, 0.25) is 5.91 Å². The summed E-state index contributed by atoms with van der Waals surface area (Å²) in [5.41, 5.74) is 0. The average molecular weight is 241 g/mol. The highest BCUT2D eigenvalue weighted by atomic mass is 16.5. The topological polar surface area (TPSA) is 44.8 Å². The second kappa shape index (κ2) is 5.80. The van der Waals surface area contributed by atoms with E-state index in [-0.39, 0.29) is 17.9 Å². The van der Waals surface area contributed by atoms with Crippen LogP contribution in [0.2, 0.25) is 0 Å². The number of nitrogens with one attached hydrogen (secondary N) is 1. The molecule has 0 radical (unpaired) electrons. The second-order valence-corrected chi connectivity index (χ2v) is 4.94. The van der Waals surface area contributed by atoms with Crippen molar-refractivity contribution in [3.05, 3.63) is 0 Å². The van der Waals surface area contributed by atoms with Gasteiger partial charge < -0.3 is 19.9 Å². The number of ether oxygens (including phenoxy) is 1. The van der Waals surface area contributed by atoms with E-state index in [9.17, 15) is 4.79 Å². The van der Waals surface area contributed by atoms with E-state index in [4.69, 9.17) is 4.74 Å². The monoisotopic (exact) mass is 241 g/mol. The number of hydrogen-bond donors (Lipinski definition) is 1. The lowest BCUT2D eigenvalue weighted by Gasteiger charge is -2.34. The van der Waals surface area contributed by atoms with E-state index in [0.717, 1.165) is 32.7 Å². The minimum absolute atomic E-state index is 0.0124. The van der Waals surface area contributed by atoms with E-state index in [2.05, 4.69) is 24.2 Å². The molecule has 17 heavy (non-hydrogen) atoms. The number of nitrogens with zero attached hydrogens (tertiary/aromatic N) is 2. The number of likely N-dealkylation sites (N-methyl/N-ethyl adjacent to an activating group) is 2. The summed E-state index contributed by atoms with van der Waals surface area (Å²) in [5, 5.41) is 3.34. The smallest absolute Gasteiger partial charge is 0.229 e. The first-order valence-corrected chi connectivity index (χ1v) is 6.51. The largest absolute Gasteiger partial charge is 0.379 e. The van der Waals surface area contributed by atoms with Gasteiger partial charge in [-0.2, -0.15) is 0 Å². The molecule has 2 rings (SSSR count). The van der Waals surface area contributed by atoms with Gasteiger partial charge in [0.15, 0.2) is 0 Å². The van der Waals surface area contributed by atoms with Crippen LogP contribution in [0.5, 0.6) is 0 Å². The normalized spacial score (nSPS) is 30.8. The zero-order chi connectivity index (χ0) is 12.3. The van der Waals surface area contributed by atoms with E-state index in [1.807, 2.05) is 4.90 Å². The van der Waals surface area contributed by atoms with Crippen LogP contribution in [0.4, 0.5) is 0 Å². The van der Waals surface area contributed by atoms with Crippen molar-refractivity contribution in [3.8, 4) is 0 Å². The van der Waals surface area contributed by atoms with Gasteiger partial charge in [0.25, 0.3) is 0 Å². The number of rotatable bonds is 3. The molecular weight excluding hydrogens is 218 g/mol. The highest BCUT2D eigenvalue weighted by Gasteiger charge is 2.36. The summed E-state index contributed by atoms with van der Waals surface area (Å²) in [4.78, 5) is 16.6. The Hall–Kier alpha value is -0.650. The number of amides is 1. The molecule has 2 aliphatic rings. The zero-order valence-electron chi connectivity index (χ0n) is 10.8. The summed E-state index contributed by atoms with van der Waals surface area (Å²) in [5.74, 6) is 0.278. The fraction of sp³-hybridized carbons (Fsp3) is 0.917. The van der Waals surface area contributed by atoms with Crippen molar-refractivity contribution >= 4 is 5.91 Å². The van der Waals surface area contributed by atoms with Crippen molar-refractivity contribution in [1.82, 2.24) is 15.1 Å². The Morgan fingerprint density at radius 2 is 2.00 bits per heavy atom. The quantitative estimate of drug-likeness (QED) is 0.715. The molecule has 0 aliphatic carbocycles. The van der Waals surface area contributed by atoms with Gasteiger partial charge >= 0.3 is 0 Å². The van der Waals surface area contributed by atoms with E-state index in [1.165, 1.54) is 0 Å². The van der Waals surface area contributed by atoms with Gasteiger partial charge in [-0.25, -0.2) is 0 Å². The Bertz CT molecular complexity index is 264. The molecule has 1 N–H and O–H groups in total. The van der Waals surface area contributed by atoms with E-state index in [0.29, 0.717) is 13.2 Å². The molecule has 0 aromatic heterocycles. The van der Waals surface area contributed by atoms with Gasteiger partial charge in [0.05, 0.1) is 19.1 Å². The summed E-state index contributed by atoms with van der Waals surface area (Å²) in [7, 11) is 2.10. The third kappa shape index (κ3) is 2.97. The third-order valence-corrected chi connectivity index (χ3v) is 3.68. The minimum atomic E-state index is 0.0124. The molecule has 0 aromatic carbocycles. The van der Waals surface area contributed by atoms with Crippen LogP contribution in [0.3, 0.4) is 0 Å². The second-order valence-electron chi connectivity index (χ2n) is 4.94. The van der Waals surface area contributed by atoms with Crippen LogP contribution >= 0.6 is 0 Å². The molecule has 0 aromatic rings. The first-order valence-electron chi connectivity index (χ1n) is 6.51. The lowest BCUT2D eigenvalue weighted by Crippen LogP contribution is -2.52. The van der Waals surface area contributed by atoms with Crippen molar-refractivity contribution < 1.29 is 9.53 Å². The standard InChI is InChI=1S/C12H23N3O2/c1-3-13-11-9-17-8-10(11)12(16)15-6-4-14(2)5-7-15/h10-11,13H,3-9H2,1-2H3. The van der Waals surface area contributed by atoms with Crippen LogP contribution < -0.4 is 5.32 Å². The molecule has 2 fully saturated rings. The van der Waals surface area contributed by atoms with Crippen molar-refractivity contribution in [2.45, 2.75) is 13.0 Å². The highest BCUT2D eigenvalue weighted by Crippen LogP contribution is 2.17. The molecule has 2 atom stereocenters. The molecular formula is C12H23N3O2. The molecule has 0 saturated carbocycles. The maximum Gasteiger partial charge on any atom is 0.229 e. The van der Waals surface area contributed by atoms with Crippen LogP contribution in [0.1, 0.15) is 6.92 Å². The molecule has 5 heteroatoms. The van der Waals surface area contributed by atoms with E-state index < -0.39 is 0 Å². The van der Waals surface area contributed by atoms with Crippen molar-refractivity contribution in [2.24, 2.45) is 5.92 Å². The molecule has 2 aliphatic heterocycles. The predicted molar refractivity (Wildman–Crippen MR) is 65.9 cm³/mol. The highest BCUT2D eigenvalue weighted by molar-refractivity contribution is 5.80. The van der Waals surface area contributed by atoms with E-state index in [1.54, 1.807) is 0 Å². The SMILES string of the molecule is CCNC1COCC1C(=O)N1CCN(C)CC1. The minimum Gasteiger partial charge on any atom is -0.379 e.